The van der Waals surface area contributed by atoms with Gasteiger partial charge < -0.3 is 19.8 Å². The number of fused-ring (bicyclic) bond motifs is 1. The normalized spacial score (nSPS) is 11.6. The van der Waals surface area contributed by atoms with Gasteiger partial charge in [0.2, 0.25) is 5.89 Å². The molecule has 8 heteroatoms. The van der Waals surface area contributed by atoms with Crippen molar-refractivity contribution in [2.24, 2.45) is 0 Å². The van der Waals surface area contributed by atoms with E-state index < -0.39 is 0 Å². The van der Waals surface area contributed by atoms with Gasteiger partial charge in [-0.05, 0) is 71.7 Å². The molecule has 0 unspecified atom stereocenters. The number of nitrogens with one attached hydrogen (secondary N) is 2. The lowest BCUT2D eigenvalue weighted by Gasteiger charge is -2.30. The highest BCUT2D eigenvalue weighted by atomic mass is 16.5. The van der Waals surface area contributed by atoms with E-state index in [0.29, 0.717) is 39.7 Å². The van der Waals surface area contributed by atoms with Gasteiger partial charge in [0.05, 0.1) is 6.07 Å². The Hall–Kier alpha value is -4.64. The SMILES string of the molecule is CCC(C)(C)c1ccc(OCC(=O)Nc2cccc(C(=O)Nc3ccc4oc(CC#N)nc4c3)c2)c(C(C)(C)CC)c1. The molecular weight excluding hydrogens is 528 g/mol. The number of anilines is 2. The van der Waals surface area contributed by atoms with E-state index in [2.05, 4.69) is 69.3 Å². The Morgan fingerprint density at radius 3 is 2.38 bits per heavy atom. The molecule has 2 amide bonds. The first kappa shape index (κ1) is 30.3. The number of nitriles is 1. The van der Waals surface area contributed by atoms with Crippen molar-refractivity contribution in [3.05, 3.63) is 83.2 Å². The molecule has 0 aliphatic rings. The molecule has 4 aromatic rings. The lowest BCUT2D eigenvalue weighted by Crippen LogP contribution is -2.24. The number of hydrogen-bond acceptors (Lipinski definition) is 6. The monoisotopic (exact) mass is 566 g/mol. The molecule has 8 nitrogen and oxygen atoms in total. The summed E-state index contributed by atoms with van der Waals surface area (Å²) in [6.07, 6.45) is 2.01. The third kappa shape index (κ3) is 6.98. The van der Waals surface area contributed by atoms with E-state index in [-0.39, 0.29) is 35.7 Å². The van der Waals surface area contributed by atoms with Crippen LogP contribution in [0.4, 0.5) is 11.4 Å². The lowest BCUT2D eigenvalue weighted by molar-refractivity contribution is -0.118. The van der Waals surface area contributed by atoms with Crippen molar-refractivity contribution in [3.63, 3.8) is 0 Å². The van der Waals surface area contributed by atoms with E-state index in [9.17, 15) is 9.59 Å². The Kier molecular flexibility index (Phi) is 9.01. The van der Waals surface area contributed by atoms with Gasteiger partial charge in [-0.25, -0.2) is 4.98 Å². The van der Waals surface area contributed by atoms with Crippen molar-refractivity contribution in [2.45, 2.75) is 71.6 Å². The van der Waals surface area contributed by atoms with Crippen molar-refractivity contribution in [1.29, 1.82) is 5.26 Å². The third-order valence-corrected chi connectivity index (χ3v) is 7.95. The maximum absolute atomic E-state index is 13.0. The summed E-state index contributed by atoms with van der Waals surface area (Å²) in [6.45, 7) is 13.0. The fourth-order valence-electron chi connectivity index (χ4n) is 4.48. The second-order valence-electron chi connectivity index (χ2n) is 11.7. The molecule has 0 spiro atoms. The molecular formula is C34H38N4O4. The highest BCUT2D eigenvalue weighted by Crippen LogP contribution is 2.38. The summed E-state index contributed by atoms with van der Waals surface area (Å²) in [4.78, 5) is 30.1. The Labute approximate surface area is 247 Å². The Morgan fingerprint density at radius 1 is 0.929 bits per heavy atom. The number of carbonyl (C=O) groups is 2. The van der Waals surface area contributed by atoms with E-state index in [0.717, 1.165) is 18.4 Å². The number of rotatable bonds is 11. The third-order valence-electron chi connectivity index (χ3n) is 7.95. The highest BCUT2D eigenvalue weighted by molar-refractivity contribution is 6.06. The molecule has 0 fully saturated rings. The average molecular weight is 567 g/mol. The van der Waals surface area contributed by atoms with Crippen molar-refractivity contribution >= 4 is 34.3 Å². The smallest absolute Gasteiger partial charge is 0.262 e. The van der Waals surface area contributed by atoms with E-state index >= 15 is 0 Å². The van der Waals surface area contributed by atoms with Crippen LogP contribution in [0.3, 0.4) is 0 Å². The van der Waals surface area contributed by atoms with Crippen LogP contribution >= 0.6 is 0 Å². The van der Waals surface area contributed by atoms with Crippen molar-refractivity contribution < 1.29 is 18.7 Å². The first-order valence-corrected chi connectivity index (χ1v) is 14.2. The number of aromatic nitrogens is 1. The lowest BCUT2D eigenvalue weighted by atomic mass is 9.76. The van der Waals surface area contributed by atoms with Crippen LogP contribution in [0.25, 0.3) is 11.1 Å². The molecule has 1 aromatic heterocycles. The zero-order chi connectivity index (χ0) is 30.5. The van der Waals surface area contributed by atoms with Gasteiger partial charge in [0.1, 0.15) is 17.7 Å². The fraction of sp³-hybridized carbons (Fsp3) is 0.353. The van der Waals surface area contributed by atoms with Crippen LogP contribution in [0.2, 0.25) is 0 Å². The molecule has 0 atom stereocenters. The maximum atomic E-state index is 13.0. The molecule has 42 heavy (non-hydrogen) atoms. The molecule has 0 saturated heterocycles. The maximum Gasteiger partial charge on any atom is 0.262 e. The zero-order valence-electron chi connectivity index (χ0n) is 25.1. The molecule has 0 bridgehead atoms. The van der Waals surface area contributed by atoms with E-state index in [1.807, 2.05) is 12.1 Å². The van der Waals surface area contributed by atoms with Gasteiger partial charge in [-0.1, -0.05) is 59.7 Å². The molecule has 218 valence electrons. The number of ether oxygens (including phenoxy) is 1. The number of oxazole rings is 1. The van der Waals surface area contributed by atoms with Crippen LogP contribution < -0.4 is 15.4 Å². The molecule has 1 heterocycles. The highest BCUT2D eigenvalue weighted by Gasteiger charge is 2.27. The standard InChI is InChI=1S/C34H38N4O4/c1-7-33(3,4)23-12-14-28(26(19-23)34(5,6)8-2)41-21-30(39)36-24-11-9-10-22(18-24)32(40)37-25-13-15-29-27(20-25)38-31(42-29)16-17-35/h9-15,18-20H,7-8,16,21H2,1-6H3,(H,36,39)(H,37,40). The van der Waals surface area contributed by atoms with Crippen LogP contribution in [-0.4, -0.2) is 23.4 Å². The topological polar surface area (TPSA) is 117 Å². The number of carbonyl (C=O) groups excluding carboxylic acids is 2. The minimum Gasteiger partial charge on any atom is -0.483 e. The molecule has 2 N–H and O–H groups in total. The number of amides is 2. The first-order valence-electron chi connectivity index (χ1n) is 14.2. The zero-order valence-corrected chi connectivity index (χ0v) is 25.1. The van der Waals surface area contributed by atoms with Crippen molar-refractivity contribution in [1.82, 2.24) is 4.98 Å². The van der Waals surface area contributed by atoms with Gasteiger partial charge in [0.25, 0.3) is 11.8 Å². The Balaban J connectivity index is 1.42. The van der Waals surface area contributed by atoms with Gasteiger partial charge in [0.15, 0.2) is 12.2 Å². The summed E-state index contributed by atoms with van der Waals surface area (Å²) in [5, 5.41) is 14.5. The molecule has 3 aromatic carbocycles. The fourth-order valence-corrected chi connectivity index (χ4v) is 4.48. The second kappa shape index (κ2) is 12.5. The average Bonchev–Trinajstić information content (AvgIpc) is 3.38. The van der Waals surface area contributed by atoms with Gasteiger partial charge in [-0.15, -0.1) is 0 Å². The Morgan fingerprint density at radius 2 is 1.67 bits per heavy atom. The van der Waals surface area contributed by atoms with E-state index in [4.69, 9.17) is 14.4 Å². The molecule has 0 radical (unpaired) electrons. The molecule has 0 aliphatic heterocycles. The Bertz CT molecular complexity index is 1650. The number of benzene rings is 3. The van der Waals surface area contributed by atoms with Crippen LogP contribution in [0.5, 0.6) is 5.75 Å². The predicted octanol–water partition coefficient (Wildman–Crippen LogP) is 7.54. The summed E-state index contributed by atoms with van der Waals surface area (Å²) in [6, 6.07) is 20.1. The van der Waals surface area contributed by atoms with Crippen LogP contribution in [0.15, 0.2) is 65.1 Å². The van der Waals surface area contributed by atoms with Gasteiger partial charge >= 0.3 is 0 Å². The summed E-state index contributed by atoms with van der Waals surface area (Å²) in [7, 11) is 0. The van der Waals surface area contributed by atoms with Crippen molar-refractivity contribution in [2.75, 3.05) is 17.2 Å². The largest absolute Gasteiger partial charge is 0.483 e. The molecule has 0 saturated carbocycles. The van der Waals surface area contributed by atoms with Crippen molar-refractivity contribution in [3.8, 4) is 11.8 Å². The molecule has 0 aliphatic carbocycles. The quantitative estimate of drug-likeness (QED) is 0.194. The van der Waals surface area contributed by atoms with Crippen LogP contribution in [-0.2, 0) is 22.0 Å². The van der Waals surface area contributed by atoms with Crippen LogP contribution in [0.1, 0.15) is 81.8 Å². The number of hydrogen-bond donors (Lipinski definition) is 2. The van der Waals surface area contributed by atoms with Gasteiger partial charge in [-0.2, -0.15) is 5.26 Å². The number of nitrogens with zero attached hydrogens (tertiary/aromatic N) is 2. The second-order valence-corrected chi connectivity index (χ2v) is 11.7. The summed E-state index contributed by atoms with van der Waals surface area (Å²) < 4.78 is 11.6. The van der Waals surface area contributed by atoms with E-state index in [1.54, 1.807) is 42.5 Å². The van der Waals surface area contributed by atoms with Gasteiger partial charge in [0, 0.05) is 22.5 Å². The predicted molar refractivity (Wildman–Crippen MR) is 165 cm³/mol. The van der Waals surface area contributed by atoms with Gasteiger partial charge in [-0.3, -0.25) is 9.59 Å². The summed E-state index contributed by atoms with van der Waals surface area (Å²) >= 11 is 0. The van der Waals surface area contributed by atoms with E-state index in [1.165, 1.54) is 5.56 Å². The van der Waals surface area contributed by atoms with Crippen LogP contribution in [0, 0.1) is 11.3 Å². The first-order chi connectivity index (χ1) is 20.0. The minimum absolute atomic E-state index is 0.0379. The molecule has 4 rings (SSSR count). The summed E-state index contributed by atoms with van der Waals surface area (Å²) in [5.74, 6) is 0.357. The minimum atomic E-state index is -0.344. The summed E-state index contributed by atoms with van der Waals surface area (Å²) in [5.41, 5.74) is 4.73.